The summed E-state index contributed by atoms with van der Waals surface area (Å²) in [6.07, 6.45) is 2.49. The number of benzene rings is 1. The van der Waals surface area contributed by atoms with Gasteiger partial charge in [0.1, 0.15) is 5.75 Å². The van der Waals surface area contributed by atoms with Crippen LogP contribution < -0.4 is 10.1 Å². The van der Waals surface area contributed by atoms with E-state index in [2.05, 4.69) is 65.1 Å². The maximum Gasteiger partial charge on any atom is 0.122 e. The van der Waals surface area contributed by atoms with Gasteiger partial charge in [-0.1, -0.05) is 17.7 Å². The van der Waals surface area contributed by atoms with Gasteiger partial charge >= 0.3 is 0 Å². The highest BCUT2D eigenvalue weighted by atomic mass is 16.5. The second-order valence-electron chi connectivity index (χ2n) is 6.52. The zero-order chi connectivity index (χ0) is 14.5. The molecule has 0 aliphatic heterocycles. The van der Waals surface area contributed by atoms with Crippen molar-refractivity contribution in [1.82, 2.24) is 5.32 Å². The molecule has 1 atom stereocenters. The van der Waals surface area contributed by atoms with Crippen molar-refractivity contribution in [1.29, 1.82) is 0 Å². The lowest BCUT2D eigenvalue weighted by molar-refractivity contribution is 0.204. The van der Waals surface area contributed by atoms with Crippen LogP contribution in [0, 0.1) is 13.8 Å². The van der Waals surface area contributed by atoms with Gasteiger partial charge in [0, 0.05) is 5.54 Å². The summed E-state index contributed by atoms with van der Waals surface area (Å²) in [6.45, 7) is 14.0. The van der Waals surface area contributed by atoms with Crippen molar-refractivity contribution in [2.75, 3.05) is 6.54 Å². The Morgan fingerprint density at radius 3 is 2.47 bits per heavy atom. The number of rotatable bonds is 6. The second-order valence-corrected chi connectivity index (χ2v) is 6.52. The Kier molecular flexibility index (Phi) is 5.86. The van der Waals surface area contributed by atoms with Crippen LogP contribution in [0.25, 0.3) is 0 Å². The zero-order valence-corrected chi connectivity index (χ0v) is 13.3. The van der Waals surface area contributed by atoms with Crippen molar-refractivity contribution in [3.8, 4) is 5.75 Å². The molecule has 0 aliphatic rings. The predicted octanol–water partition coefficient (Wildman–Crippen LogP) is 4.24. The Hall–Kier alpha value is -1.02. The first kappa shape index (κ1) is 16.0. The van der Waals surface area contributed by atoms with Gasteiger partial charge < -0.3 is 10.1 Å². The van der Waals surface area contributed by atoms with E-state index in [1.807, 2.05) is 0 Å². The summed E-state index contributed by atoms with van der Waals surface area (Å²) in [6, 6.07) is 6.36. The number of hydrogen-bond donors (Lipinski definition) is 1. The molecule has 0 aromatic heterocycles. The van der Waals surface area contributed by atoms with Gasteiger partial charge in [-0.15, -0.1) is 0 Å². The lowest BCUT2D eigenvalue weighted by Crippen LogP contribution is -2.36. The minimum absolute atomic E-state index is 0.206. The fraction of sp³-hybridized carbons (Fsp3) is 0.647. The molecular formula is C17H29NO. The molecule has 1 unspecified atom stereocenters. The smallest absolute Gasteiger partial charge is 0.122 e. The van der Waals surface area contributed by atoms with Crippen molar-refractivity contribution in [3.63, 3.8) is 0 Å². The largest absolute Gasteiger partial charge is 0.490 e. The van der Waals surface area contributed by atoms with E-state index in [9.17, 15) is 0 Å². The van der Waals surface area contributed by atoms with Gasteiger partial charge in [-0.05, 0) is 72.6 Å². The molecule has 0 amide bonds. The third kappa shape index (κ3) is 6.63. The van der Waals surface area contributed by atoms with Gasteiger partial charge in [0.05, 0.1) is 6.10 Å². The molecule has 0 aliphatic carbocycles. The van der Waals surface area contributed by atoms with E-state index in [1.165, 1.54) is 11.1 Å². The SMILES string of the molecule is Cc1ccc(OC(C)CCCNC(C)(C)C)c(C)c1. The van der Waals surface area contributed by atoms with Gasteiger partial charge in [-0.25, -0.2) is 0 Å². The minimum Gasteiger partial charge on any atom is -0.490 e. The normalized spacial score (nSPS) is 13.4. The van der Waals surface area contributed by atoms with Crippen LogP contribution in [-0.2, 0) is 0 Å². The maximum absolute atomic E-state index is 6.00. The third-order valence-electron chi connectivity index (χ3n) is 3.10. The summed E-state index contributed by atoms with van der Waals surface area (Å²) in [4.78, 5) is 0. The van der Waals surface area contributed by atoms with Crippen LogP contribution in [0.5, 0.6) is 5.75 Å². The first-order chi connectivity index (χ1) is 8.78. The Labute approximate surface area is 118 Å². The van der Waals surface area contributed by atoms with Gasteiger partial charge in [-0.2, -0.15) is 0 Å². The molecule has 0 spiro atoms. The van der Waals surface area contributed by atoms with Gasteiger partial charge in [-0.3, -0.25) is 0 Å². The van der Waals surface area contributed by atoms with Gasteiger partial charge in [0.25, 0.3) is 0 Å². The van der Waals surface area contributed by atoms with Crippen LogP contribution in [0.15, 0.2) is 18.2 Å². The summed E-state index contributed by atoms with van der Waals surface area (Å²) >= 11 is 0. The van der Waals surface area contributed by atoms with E-state index in [-0.39, 0.29) is 11.6 Å². The van der Waals surface area contributed by atoms with Crippen molar-refractivity contribution < 1.29 is 4.74 Å². The number of hydrogen-bond acceptors (Lipinski definition) is 2. The van der Waals surface area contributed by atoms with Crippen LogP contribution in [0.2, 0.25) is 0 Å². The molecular weight excluding hydrogens is 234 g/mol. The molecule has 1 aromatic rings. The Morgan fingerprint density at radius 2 is 1.89 bits per heavy atom. The first-order valence-electron chi connectivity index (χ1n) is 7.27. The average molecular weight is 263 g/mol. The molecule has 2 nitrogen and oxygen atoms in total. The van der Waals surface area contributed by atoms with Crippen LogP contribution in [0.1, 0.15) is 51.7 Å². The highest BCUT2D eigenvalue weighted by Gasteiger charge is 2.09. The second kappa shape index (κ2) is 6.95. The predicted molar refractivity (Wildman–Crippen MR) is 83.0 cm³/mol. The molecule has 0 radical (unpaired) electrons. The molecule has 19 heavy (non-hydrogen) atoms. The Morgan fingerprint density at radius 1 is 1.21 bits per heavy atom. The van der Waals surface area contributed by atoms with E-state index >= 15 is 0 Å². The standard InChI is InChI=1S/C17H29NO/c1-13-9-10-16(14(2)12-13)19-15(3)8-7-11-18-17(4,5)6/h9-10,12,15,18H,7-8,11H2,1-6H3. The molecule has 1 aromatic carbocycles. The highest BCUT2D eigenvalue weighted by molar-refractivity contribution is 5.35. The first-order valence-corrected chi connectivity index (χ1v) is 7.27. The quantitative estimate of drug-likeness (QED) is 0.775. The van der Waals surface area contributed by atoms with Crippen LogP contribution >= 0.6 is 0 Å². The number of ether oxygens (including phenoxy) is 1. The molecule has 108 valence electrons. The van der Waals surface area contributed by atoms with E-state index in [1.54, 1.807) is 0 Å². The maximum atomic E-state index is 6.00. The van der Waals surface area contributed by atoms with Crippen molar-refractivity contribution >= 4 is 0 Å². The van der Waals surface area contributed by atoms with Crippen LogP contribution in [-0.4, -0.2) is 18.2 Å². The Balaban J connectivity index is 2.33. The Bertz CT molecular complexity index is 393. The molecule has 0 bridgehead atoms. The van der Waals surface area contributed by atoms with E-state index in [0.717, 1.165) is 25.1 Å². The van der Waals surface area contributed by atoms with Gasteiger partial charge in [0.2, 0.25) is 0 Å². The van der Waals surface area contributed by atoms with Crippen molar-refractivity contribution in [2.24, 2.45) is 0 Å². The van der Waals surface area contributed by atoms with Crippen LogP contribution in [0.4, 0.5) is 0 Å². The van der Waals surface area contributed by atoms with E-state index in [0.29, 0.717) is 0 Å². The molecule has 0 fully saturated rings. The summed E-state index contributed by atoms with van der Waals surface area (Å²) in [5.41, 5.74) is 2.71. The molecule has 0 saturated heterocycles. The molecule has 0 saturated carbocycles. The fourth-order valence-electron chi connectivity index (χ4n) is 2.06. The molecule has 0 heterocycles. The summed E-state index contributed by atoms with van der Waals surface area (Å²) in [5.74, 6) is 1.02. The van der Waals surface area contributed by atoms with Crippen molar-refractivity contribution in [2.45, 2.75) is 66.0 Å². The fourth-order valence-corrected chi connectivity index (χ4v) is 2.06. The molecule has 1 N–H and O–H groups in total. The summed E-state index contributed by atoms with van der Waals surface area (Å²) in [5, 5.41) is 3.50. The van der Waals surface area contributed by atoms with Gasteiger partial charge in [0.15, 0.2) is 0 Å². The third-order valence-corrected chi connectivity index (χ3v) is 3.10. The van der Waals surface area contributed by atoms with Crippen LogP contribution in [0.3, 0.4) is 0 Å². The minimum atomic E-state index is 0.206. The summed E-state index contributed by atoms with van der Waals surface area (Å²) in [7, 11) is 0. The molecule has 2 heteroatoms. The van der Waals surface area contributed by atoms with E-state index in [4.69, 9.17) is 4.74 Å². The molecule has 1 rings (SSSR count). The lowest BCUT2D eigenvalue weighted by Gasteiger charge is -2.21. The topological polar surface area (TPSA) is 21.3 Å². The monoisotopic (exact) mass is 263 g/mol. The average Bonchev–Trinajstić information content (AvgIpc) is 2.27. The van der Waals surface area contributed by atoms with E-state index < -0.39 is 0 Å². The zero-order valence-electron chi connectivity index (χ0n) is 13.3. The summed E-state index contributed by atoms with van der Waals surface area (Å²) < 4.78 is 6.00. The lowest BCUT2D eigenvalue weighted by atomic mass is 10.1. The highest BCUT2D eigenvalue weighted by Crippen LogP contribution is 2.21. The van der Waals surface area contributed by atoms with Crippen molar-refractivity contribution in [3.05, 3.63) is 29.3 Å². The number of nitrogens with one attached hydrogen (secondary N) is 1. The number of aryl methyl sites for hydroxylation is 2.